The molecule has 5 nitrogen and oxygen atoms in total. The van der Waals surface area contributed by atoms with Crippen LogP contribution in [0.5, 0.6) is 0 Å². The third kappa shape index (κ3) is 1.83. The molecular weight excluding hydrogens is 247 g/mol. The minimum absolute atomic E-state index is 0.153. The van der Waals surface area contributed by atoms with E-state index >= 15 is 0 Å². The lowest BCUT2D eigenvalue weighted by atomic mass is 10.2. The number of amides is 1. The molecule has 0 saturated carbocycles. The highest BCUT2D eigenvalue weighted by atomic mass is 19.1. The van der Waals surface area contributed by atoms with Gasteiger partial charge in [0, 0.05) is 11.5 Å². The zero-order valence-electron chi connectivity index (χ0n) is 9.75. The molecule has 0 aliphatic carbocycles. The summed E-state index contributed by atoms with van der Waals surface area (Å²) in [5.74, 6) is -1.10. The molecule has 94 valence electrons. The van der Waals surface area contributed by atoms with E-state index in [4.69, 9.17) is 5.73 Å². The molecule has 0 saturated heterocycles. The van der Waals surface area contributed by atoms with Gasteiger partial charge in [-0.15, -0.1) is 0 Å². The van der Waals surface area contributed by atoms with E-state index in [0.29, 0.717) is 16.6 Å². The van der Waals surface area contributed by atoms with Crippen molar-refractivity contribution in [2.45, 2.75) is 0 Å². The van der Waals surface area contributed by atoms with Gasteiger partial charge in [-0.3, -0.25) is 9.78 Å². The number of fused-ring (bicyclic) bond motifs is 1. The van der Waals surface area contributed by atoms with Gasteiger partial charge >= 0.3 is 0 Å². The standard InChI is InChI=1S/C13H9FN4O/c14-8-5-9(7-16-6-8)18-11-4-2-1-3-10(11)12(17-18)13(15)19/h1-7H,(H2,15,19). The van der Waals surface area contributed by atoms with Crippen LogP contribution in [0.4, 0.5) is 4.39 Å². The third-order valence-corrected chi connectivity index (χ3v) is 2.76. The topological polar surface area (TPSA) is 73.8 Å². The molecule has 3 aromatic rings. The van der Waals surface area contributed by atoms with E-state index in [1.54, 1.807) is 24.3 Å². The van der Waals surface area contributed by atoms with E-state index in [0.717, 1.165) is 6.20 Å². The first-order valence-corrected chi connectivity index (χ1v) is 5.55. The molecule has 0 aliphatic heterocycles. The predicted octanol–water partition coefficient (Wildman–Crippen LogP) is 1.66. The molecule has 2 N–H and O–H groups in total. The zero-order chi connectivity index (χ0) is 13.4. The first-order valence-electron chi connectivity index (χ1n) is 5.55. The molecule has 0 unspecified atom stereocenters. The number of carbonyl (C=O) groups is 1. The number of para-hydroxylation sites is 1. The Bertz CT molecular complexity index is 781. The van der Waals surface area contributed by atoms with Crippen molar-refractivity contribution < 1.29 is 9.18 Å². The van der Waals surface area contributed by atoms with E-state index in [-0.39, 0.29) is 5.69 Å². The fourth-order valence-corrected chi connectivity index (χ4v) is 1.96. The summed E-state index contributed by atoms with van der Waals surface area (Å²) in [6.07, 6.45) is 2.57. The second kappa shape index (κ2) is 4.16. The molecule has 0 atom stereocenters. The summed E-state index contributed by atoms with van der Waals surface area (Å²) in [5, 5.41) is 4.76. The Kier molecular flexibility index (Phi) is 2.49. The highest BCUT2D eigenvalue weighted by molar-refractivity contribution is 6.04. The Labute approximate surface area is 107 Å². The number of carbonyl (C=O) groups excluding carboxylic acids is 1. The van der Waals surface area contributed by atoms with Crippen molar-refractivity contribution in [3.05, 3.63) is 54.2 Å². The van der Waals surface area contributed by atoms with E-state index < -0.39 is 11.7 Å². The van der Waals surface area contributed by atoms with Gasteiger partial charge in [-0.2, -0.15) is 5.10 Å². The number of halogens is 1. The number of hydrogen-bond acceptors (Lipinski definition) is 3. The van der Waals surface area contributed by atoms with Gasteiger partial charge < -0.3 is 5.73 Å². The number of benzene rings is 1. The average Bonchev–Trinajstić information content (AvgIpc) is 2.78. The smallest absolute Gasteiger partial charge is 0.269 e. The van der Waals surface area contributed by atoms with Crippen molar-refractivity contribution in [1.82, 2.24) is 14.8 Å². The summed E-state index contributed by atoms with van der Waals surface area (Å²) >= 11 is 0. The molecule has 2 aromatic heterocycles. The number of nitrogens with zero attached hydrogens (tertiary/aromatic N) is 3. The summed E-state index contributed by atoms with van der Waals surface area (Å²) in [6.45, 7) is 0. The summed E-state index contributed by atoms with van der Waals surface area (Å²) in [4.78, 5) is 15.2. The number of hydrogen-bond donors (Lipinski definition) is 1. The summed E-state index contributed by atoms with van der Waals surface area (Å²) in [7, 11) is 0. The number of primary amides is 1. The van der Waals surface area contributed by atoms with Gasteiger partial charge in [-0.25, -0.2) is 9.07 Å². The predicted molar refractivity (Wildman–Crippen MR) is 67.3 cm³/mol. The van der Waals surface area contributed by atoms with Crippen LogP contribution in [-0.2, 0) is 0 Å². The van der Waals surface area contributed by atoms with E-state index in [9.17, 15) is 9.18 Å². The Balaban J connectivity index is 2.33. The maximum absolute atomic E-state index is 13.2. The van der Waals surface area contributed by atoms with Crippen LogP contribution < -0.4 is 5.73 Å². The van der Waals surface area contributed by atoms with Crippen molar-refractivity contribution in [2.75, 3.05) is 0 Å². The second-order valence-corrected chi connectivity index (χ2v) is 4.00. The van der Waals surface area contributed by atoms with E-state index in [1.807, 2.05) is 0 Å². The van der Waals surface area contributed by atoms with Crippen LogP contribution in [0, 0.1) is 5.82 Å². The van der Waals surface area contributed by atoms with Gasteiger partial charge in [-0.05, 0) is 6.07 Å². The van der Waals surface area contributed by atoms with Crippen LogP contribution in [0.2, 0.25) is 0 Å². The maximum Gasteiger partial charge on any atom is 0.269 e. The van der Waals surface area contributed by atoms with Crippen LogP contribution in [0.3, 0.4) is 0 Å². The molecule has 0 spiro atoms. The van der Waals surface area contributed by atoms with Gasteiger partial charge in [0.2, 0.25) is 0 Å². The van der Waals surface area contributed by atoms with Crippen molar-refractivity contribution in [3.8, 4) is 5.69 Å². The van der Waals surface area contributed by atoms with Crippen molar-refractivity contribution >= 4 is 16.8 Å². The van der Waals surface area contributed by atoms with Gasteiger partial charge in [0.25, 0.3) is 5.91 Å². The summed E-state index contributed by atoms with van der Waals surface area (Å²) < 4.78 is 14.7. The normalized spacial score (nSPS) is 10.8. The molecule has 1 amide bonds. The number of rotatable bonds is 2. The number of aromatic nitrogens is 3. The molecular formula is C13H9FN4O. The van der Waals surface area contributed by atoms with Crippen LogP contribution in [0.15, 0.2) is 42.7 Å². The fourth-order valence-electron chi connectivity index (χ4n) is 1.96. The molecule has 0 fully saturated rings. The van der Waals surface area contributed by atoms with Gasteiger partial charge in [0.05, 0.1) is 23.6 Å². The molecule has 3 rings (SSSR count). The zero-order valence-corrected chi connectivity index (χ0v) is 9.75. The molecule has 0 bridgehead atoms. The monoisotopic (exact) mass is 256 g/mol. The van der Waals surface area contributed by atoms with Gasteiger partial charge in [-0.1, -0.05) is 18.2 Å². The van der Waals surface area contributed by atoms with Crippen LogP contribution in [0.1, 0.15) is 10.5 Å². The molecule has 6 heteroatoms. The Morgan fingerprint density at radius 3 is 2.79 bits per heavy atom. The minimum atomic E-state index is -0.626. The average molecular weight is 256 g/mol. The fraction of sp³-hybridized carbons (Fsp3) is 0. The molecule has 0 aliphatic rings. The summed E-state index contributed by atoms with van der Waals surface area (Å²) in [6, 6.07) is 8.39. The largest absolute Gasteiger partial charge is 0.364 e. The van der Waals surface area contributed by atoms with Crippen molar-refractivity contribution in [1.29, 1.82) is 0 Å². The van der Waals surface area contributed by atoms with E-state index in [1.165, 1.54) is 16.9 Å². The van der Waals surface area contributed by atoms with Crippen LogP contribution in [0.25, 0.3) is 16.6 Å². The highest BCUT2D eigenvalue weighted by Crippen LogP contribution is 2.21. The number of nitrogens with two attached hydrogens (primary N) is 1. The van der Waals surface area contributed by atoms with E-state index in [2.05, 4.69) is 10.1 Å². The first-order chi connectivity index (χ1) is 9.16. The lowest BCUT2D eigenvalue weighted by molar-refractivity contribution is 0.0996. The minimum Gasteiger partial charge on any atom is -0.364 e. The SMILES string of the molecule is NC(=O)c1nn(-c2cncc(F)c2)c2ccccc12. The molecule has 0 radical (unpaired) electrons. The lowest BCUT2D eigenvalue weighted by Gasteiger charge is -2.02. The maximum atomic E-state index is 13.2. The lowest BCUT2D eigenvalue weighted by Crippen LogP contribution is -2.12. The van der Waals surface area contributed by atoms with Gasteiger partial charge in [0.15, 0.2) is 5.69 Å². The molecule has 1 aromatic carbocycles. The second-order valence-electron chi connectivity index (χ2n) is 4.00. The van der Waals surface area contributed by atoms with Crippen LogP contribution in [-0.4, -0.2) is 20.7 Å². The quantitative estimate of drug-likeness (QED) is 0.757. The Morgan fingerprint density at radius 1 is 1.26 bits per heavy atom. The van der Waals surface area contributed by atoms with Gasteiger partial charge in [0.1, 0.15) is 5.82 Å². The van der Waals surface area contributed by atoms with Crippen molar-refractivity contribution in [2.24, 2.45) is 5.73 Å². The summed E-state index contributed by atoms with van der Waals surface area (Å²) in [5.41, 5.74) is 6.55. The Hall–Kier alpha value is -2.76. The third-order valence-electron chi connectivity index (χ3n) is 2.76. The van der Waals surface area contributed by atoms with Crippen LogP contribution >= 0.6 is 0 Å². The molecule has 2 heterocycles. The first kappa shape index (κ1) is 11.3. The Morgan fingerprint density at radius 2 is 2.05 bits per heavy atom. The van der Waals surface area contributed by atoms with Crippen molar-refractivity contribution in [3.63, 3.8) is 0 Å². The molecule has 19 heavy (non-hydrogen) atoms. The number of pyridine rings is 1. The highest BCUT2D eigenvalue weighted by Gasteiger charge is 2.15.